The van der Waals surface area contributed by atoms with Gasteiger partial charge in [-0.3, -0.25) is 10.1 Å². The Hall–Kier alpha value is -5.44. The molecule has 0 radical (unpaired) electrons. The standard InChI is InChI=1S/C49H60FN3O10/c1-5-25-60-49-44(53(47(56)32-15-16-32)30-31-13-17-34(50)18-14-31)29-41(52-61-6-2)38-26-33(11-7-9-23-54)37(12-8-10-24-55)45(46(38)49)39-27-36(20-22-42(39)63-49)62-48(57)51-40-21-19-35(58-3)28-43(40)59-4/h5,13-14,17-22,26-28,32-33,37,44-46,54-55H,1,6-12,15-16,23-25,29-30H2,2-4H3,(H,51,57)/t33-,37+,44-,45+,46+,49+/m0/s1. The topological polar surface area (TPSA) is 158 Å². The van der Waals surface area contributed by atoms with Crippen LogP contribution in [0.15, 0.2) is 90.1 Å². The number of nitrogens with zero attached hydrogens (tertiary/aromatic N) is 2. The van der Waals surface area contributed by atoms with E-state index in [9.17, 15) is 24.2 Å². The molecule has 3 N–H and O–H groups in total. The molecule has 14 heteroatoms. The van der Waals surface area contributed by atoms with Crippen molar-refractivity contribution in [2.75, 3.05) is 46.0 Å². The molecule has 3 aromatic rings. The molecule has 0 saturated heterocycles. The van der Waals surface area contributed by atoms with Crippen molar-refractivity contribution < 1.29 is 52.7 Å². The van der Waals surface area contributed by atoms with Gasteiger partial charge < -0.3 is 43.6 Å². The molecule has 0 aromatic heterocycles. The zero-order valence-corrected chi connectivity index (χ0v) is 36.4. The molecule has 338 valence electrons. The molecule has 13 nitrogen and oxygen atoms in total. The van der Waals surface area contributed by atoms with Crippen molar-refractivity contribution in [3.05, 3.63) is 102 Å². The predicted octanol–water partition coefficient (Wildman–Crippen LogP) is 8.55. The van der Waals surface area contributed by atoms with E-state index in [1.165, 1.54) is 19.2 Å². The van der Waals surface area contributed by atoms with Crippen molar-refractivity contribution in [3.63, 3.8) is 0 Å². The van der Waals surface area contributed by atoms with Gasteiger partial charge in [0.25, 0.3) is 0 Å². The summed E-state index contributed by atoms with van der Waals surface area (Å²) in [6, 6.07) is 15.8. The molecule has 2 amide bonds. The molecule has 3 aliphatic carbocycles. The molecule has 0 spiro atoms. The summed E-state index contributed by atoms with van der Waals surface area (Å²) in [7, 11) is 3.04. The number of aliphatic hydroxyl groups excluding tert-OH is 2. The number of allylic oxidation sites excluding steroid dienone is 1. The van der Waals surface area contributed by atoms with Crippen molar-refractivity contribution >= 4 is 23.4 Å². The second-order valence-corrected chi connectivity index (χ2v) is 16.6. The Morgan fingerprint density at radius 1 is 0.984 bits per heavy atom. The van der Waals surface area contributed by atoms with Crippen LogP contribution in [0.5, 0.6) is 23.0 Å². The summed E-state index contributed by atoms with van der Waals surface area (Å²) in [6.07, 6.45) is 9.26. The van der Waals surface area contributed by atoms with Crippen molar-refractivity contribution in [3.8, 4) is 23.0 Å². The van der Waals surface area contributed by atoms with Gasteiger partial charge in [-0.05, 0) is 111 Å². The minimum atomic E-state index is -1.47. The Morgan fingerprint density at radius 2 is 1.73 bits per heavy atom. The van der Waals surface area contributed by atoms with E-state index in [1.54, 1.807) is 55.7 Å². The van der Waals surface area contributed by atoms with E-state index in [-0.39, 0.29) is 73.9 Å². The van der Waals surface area contributed by atoms with Gasteiger partial charge in [-0.2, -0.15) is 0 Å². The average molecular weight is 870 g/mol. The second-order valence-electron chi connectivity index (χ2n) is 16.6. The number of benzene rings is 3. The molecule has 3 aromatic carbocycles. The smallest absolute Gasteiger partial charge is 0.417 e. The van der Waals surface area contributed by atoms with E-state index in [1.807, 2.05) is 17.9 Å². The van der Waals surface area contributed by atoms with Crippen LogP contribution in [-0.2, 0) is 20.9 Å². The number of hydrogen-bond donors (Lipinski definition) is 3. The highest BCUT2D eigenvalue weighted by molar-refractivity contribution is 6.03. The van der Waals surface area contributed by atoms with E-state index in [2.05, 4.69) is 18.0 Å². The van der Waals surface area contributed by atoms with Crippen LogP contribution in [0.3, 0.4) is 0 Å². The maximum absolute atomic E-state index is 14.7. The lowest BCUT2D eigenvalue weighted by Crippen LogP contribution is -2.70. The van der Waals surface area contributed by atoms with Crippen molar-refractivity contribution in [1.82, 2.24) is 4.90 Å². The second kappa shape index (κ2) is 20.8. The van der Waals surface area contributed by atoms with Crippen molar-refractivity contribution in [1.29, 1.82) is 0 Å². The Balaban J connectivity index is 1.39. The van der Waals surface area contributed by atoms with Crippen LogP contribution >= 0.6 is 0 Å². The minimum Gasteiger partial charge on any atom is -0.497 e. The number of hydrogen-bond acceptors (Lipinski definition) is 11. The number of fused-ring (bicyclic) bond motifs is 2. The zero-order chi connectivity index (χ0) is 44.5. The summed E-state index contributed by atoms with van der Waals surface area (Å²) >= 11 is 0. The maximum Gasteiger partial charge on any atom is 0.417 e. The fourth-order valence-corrected chi connectivity index (χ4v) is 9.69. The normalized spacial score (nSPS) is 23.9. The number of nitrogens with one attached hydrogen (secondary N) is 1. The largest absolute Gasteiger partial charge is 0.497 e. The number of carbonyl (C=O) groups is 2. The van der Waals surface area contributed by atoms with E-state index in [4.69, 9.17) is 33.7 Å². The number of rotatable bonds is 21. The van der Waals surface area contributed by atoms with Crippen LogP contribution in [0.25, 0.3) is 0 Å². The van der Waals surface area contributed by atoms with Gasteiger partial charge in [-0.15, -0.1) is 6.58 Å². The van der Waals surface area contributed by atoms with Gasteiger partial charge in [-0.1, -0.05) is 42.3 Å². The Kier molecular flexibility index (Phi) is 15.1. The average Bonchev–Trinajstić information content (AvgIpc) is 4.15. The highest BCUT2D eigenvalue weighted by Gasteiger charge is 2.66. The molecule has 0 bridgehead atoms. The molecule has 6 atom stereocenters. The molecule has 0 unspecified atom stereocenters. The molecule has 63 heavy (non-hydrogen) atoms. The van der Waals surface area contributed by atoms with E-state index in [0.29, 0.717) is 48.1 Å². The predicted molar refractivity (Wildman–Crippen MR) is 235 cm³/mol. The van der Waals surface area contributed by atoms with E-state index < -0.39 is 23.8 Å². The molecule has 2 fully saturated rings. The minimum absolute atomic E-state index is 0.0109. The molecular weight excluding hydrogens is 810 g/mol. The fourth-order valence-electron chi connectivity index (χ4n) is 9.69. The van der Waals surface area contributed by atoms with Gasteiger partial charge >= 0.3 is 6.09 Å². The highest BCUT2D eigenvalue weighted by Crippen LogP contribution is 2.62. The zero-order valence-electron chi connectivity index (χ0n) is 36.4. The monoisotopic (exact) mass is 869 g/mol. The van der Waals surface area contributed by atoms with Crippen LogP contribution in [0.1, 0.15) is 81.8 Å². The summed E-state index contributed by atoms with van der Waals surface area (Å²) in [5.74, 6) is -1.21. The number of anilines is 1. The third-order valence-electron chi connectivity index (χ3n) is 12.7. The van der Waals surface area contributed by atoms with Gasteiger partial charge in [-0.25, -0.2) is 9.18 Å². The van der Waals surface area contributed by atoms with E-state index >= 15 is 0 Å². The molecule has 4 aliphatic rings. The molecule has 1 aliphatic heterocycles. The molecule has 2 saturated carbocycles. The Morgan fingerprint density at radius 3 is 2.41 bits per heavy atom. The lowest BCUT2D eigenvalue weighted by molar-refractivity contribution is -0.258. The number of halogens is 1. The van der Waals surface area contributed by atoms with E-state index in [0.717, 1.165) is 55.2 Å². The summed E-state index contributed by atoms with van der Waals surface area (Å²) in [6.45, 7) is 6.60. The Bertz CT molecular complexity index is 2140. The Labute approximate surface area is 368 Å². The van der Waals surface area contributed by atoms with Crippen LogP contribution in [-0.4, -0.2) is 85.3 Å². The number of amides is 2. The third-order valence-corrected chi connectivity index (χ3v) is 12.7. The lowest BCUT2D eigenvalue weighted by atomic mass is 9.55. The van der Waals surface area contributed by atoms with Gasteiger partial charge in [0.1, 0.15) is 41.5 Å². The number of carbonyl (C=O) groups excluding carboxylic acids is 2. The molecule has 1 heterocycles. The van der Waals surface area contributed by atoms with Crippen LogP contribution < -0.4 is 24.3 Å². The maximum atomic E-state index is 14.7. The van der Waals surface area contributed by atoms with Crippen molar-refractivity contribution in [2.24, 2.45) is 28.8 Å². The first kappa shape index (κ1) is 45.6. The summed E-state index contributed by atoms with van der Waals surface area (Å²) in [5.41, 5.74) is 3.51. The first-order valence-electron chi connectivity index (χ1n) is 22.1. The quantitative estimate of drug-likeness (QED) is 0.0539. The number of methoxy groups -OCH3 is 2. The van der Waals surface area contributed by atoms with Crippen LogP contribution in [0.4, 0.5) is 14.9 Å². The molecule has 7 rings (SSSR count). The number of ether oxygens (including phenoxy) is 5. The fraction of sp³-hybridized carbons (Fsp3) is 0.490. The van der Waals surface area contributed by atoms with Gasteiger partial charge in [0.15, 0.2) is 0 Å². The lowest BCUT2D eigenvalue weighted by Gasteiger charge is -2.60. The number of aliphatic hydroxyl groups is 2. The summed E-state index contributed by atoms with van der Waals surface area (Å²) in [5, 5.41) is 27.4. The van der Waals surface area contributed by atoms with Gasteiger partial charge in [0.2, 0.25) is 11.7 Å². The third kappa shape index (κ3) is 10.0. The van der Waals surface area contributed by atoms with Crippen LogP contribution in [0.2, 0.25) is 0 Å². The highest BCUT2D eigenvalue weighted by atomic mass is 19.1. The van der Waals surface area contributed by atoms with Gasteiger partial charge in [0, 0.05) is 49.6 Å². The van der Waals surface area contributed by atoms with Crippen molar-refractivity contribution in [2.45, 2.75) is 89.0 Å². The van der Waals surface area contributed by atoms with Gasteiger partial charge in [0.05, 0.1) is 38.1 Å². The van der Waals surface area contributed by atoms with Crippen LogP contribution in [0, 0.1) is 29.5 Å². The number of unbranched alkanes of at least 4 members (excludes halogenated alkanes) is 2. The SMILES string of the molecule is C=CCO[C@@]12Oc3ccc(OC(=O)Nc4ccc(OC)cc4OC)cc3[C@H]3[C@H](CCCCO)[C@@H](CCCCO)C=C(C(=NOCC)C[C@@H]1N(Cc1ccc(F)cc1)C(=O)C1CC1)[C@H]32. The first-order valence-corrected chi connectivity index (χ1v) is 22.1. The summed E-state index contributed by atoms with van der Waals surface area (Å²) in [4.78, 5) is 35.9. The summed E-state index contributed by atoms with van der Waals surface area (Å²) < 4.78 is 45.4. The first-order chi connectivity index (χ1) is 30.7. The number of oxime groups is 1. The molecular formula is C49H60FN3O10.